The predicted octanol–water partition coefficient (Wildman–Crippen LogP) is 1.77. The van der Waals surface area contributed by atoms with Gasteiger partial charge in [0.05, 0.1) is 12.7 Å². The largest absolute Gasteiger partial charge is 0.491 e. The van der Waals surface area contributed by atoms with E-state index in [2.05, 4.69) is 23.5 Å². The van der Waals surface area contributed by atoms with Crippen LogP contribution in [0.1, 0.15) is 18.2 Å². The number of nitrogens with zero attached hydrogens (tertiary/aromatic N) is 1. The second-order valence-corrected chi connectivity index (χ2v) is 4.58. The van der Waals surface area contributed by atoms with Crippen LogP contribution < -0.4 is 10.1 Å². The maximum Gasteiger partial charge on any atom is 0.150 e. The Hall–Kier alpha value is -1.85. The molecular weight excluding hydrogens is 256 g/mol. The normalized spacial score (nSPS) is 12.3. The maximum atomic E-state index is 9.83. The highest BCUT2D eigenvalue weighted by Gasteiger charge is 2.06. The van der Waals surface area contributed by atoms with Gasteiger partial charge < -0.3 is 19.7 Å². The van der Waals surface area contributed by atoms with Crippen LogP contribution in [0, 0.1) is 0 Å². The molecule has 1 aromatic heterocycles. The number of aliphatic hydroxyl groups is 1. The maximum absolute atomic E-state index is 9.83. The molecule has 108 valence electrons. The van der Waals surface area contributed by atoms with Crippen molar-refractivity contribution in [2.45, 2.75) is 26.0 Å². The first-order valence-electron chi connectivity index (χ1n) is 6.78. The molecule has 0 radical (unpaired) electrons. The van der Waals surface area contributed by atoms with Crippen molar-refractivity contribution in [1.29, 1.82) is 0 Å². The molecule has 1 heterocycles. The predicted molar refractivity (Wildman–Crippen MR) is 75.5 cm³/mol. The number of rotatable bonds is 8. The summed E-state index contributed by atoms with van der Waals surface area (Å²) in [5.74, 6) is 1.53. The molecule has 0 amide bonds. The van der Waals surface area contributed by atoms with Crippen LogP contribution in [0.4, 0.5) is 0 Å². The van der Waals surface area contributed by atoms with Gasteiger partial charge in [-0.3, -0.25) is 0 Å². The van der Waals surface area contributed by atoms with Gasteiger partial charge in [0.15, 0.2) is 0 Å². The van der Waals surface area contributed by atoms with Crippen LogP contribution in [0.3, 0.4) is 0 Å². The molecule has 1 atom stereocenters. The highest BCUT2D eigenvalue weighted by atomic mass is 16.5. The monoisotopic (exact) mass is 276 g/mol. The van der Waals surface area contributed by atoms with Gasteiger partial charge in [0.2, 0.25) is 0 Å². The van der Waals surface area contributed by atoms with Gasteiger partial charge in [-0.25, -0.2) is 0 Å². The van der Waals surface area contributed by atoms with Crippen molar-refractivity contribution >= 4 is 0 Å². The number of benzene rings is 1. The third-order valence-corrected chi connectivity index (χ3v) is 2.92. The molecule has 0 bridgehead atoms. The minimum absolute atomic E-state index is 0.260. The highest BCUT2D eigenvalue weighted by molar-refractivity contribution is 5.28. The lowest BCUT2D eigenvalue weighted by Crippen LogP contribution is -2.31. The first kappa shape index (κ1) is 14.6. The quantitative estimate of drug-likeness (QED) is 0.769. The van der Waals surface area contributed by atoms with Crippen molar-refractivity contribution in [3.63, 3.8) is 0 Å². The number of hydrogen-bond acceptors (Lipinski definition) is 5. The molecule has 0 fully saturated rings. The molecule has 1 unspecified atom stereocenters. The van der Waals surface area contributed by atoms with E-state index in [0.717, 1.165) is 17.9 Å². The number of aromatic nitrogens is 1. The molecule has 2 rings (SSSR count). The van der Waals surface area contributed by atoms with Crippen LogP contribution in [0.25, 0.3) is 0 Å². The lowest BCUT2D eigenvalue weighted by Gasteiger charge is -2.13. The second-order valence-electron chi connectivity index (χ2n) is 4.58. The van der Waals surface area contributed by atoms with Crippen molar-refractivity contribution in [2.24, 2.45) is 0 Å². The molecule has 20 heavy (non-hydrogen) atoms. The van der Waals surface area contributed by atoms with Gasteiger partial charge in [0, 0.05) is 12.6 Å². The molecule has 0 saturated carbocycles. The summed E-state index contributed by atoms with van der Waals surface area (Å²) in [7, 11) is 0. The lowest BCUT2D eigenvalue weighted by molar-refractivity contribution is 0.105. The number of aliphatic hydroxyl groups excluding tert-OH is 1. The SMILES string of the molecule is CCc1cccc(OCC(O)CNCc2ccno2)c1. The average Bonchev–Trinajstić information content (AvgIpc) is 2.98. The van der Waals surface area contributed by atoms with E-state index in [1.165, 1.54) is 5.56 Å². The summed E-state index contributed by atoms with van der Waals surface area (Å²) >= 11 is 0. The molecular formula is C15H20N2O3. The molecule has 0 aliphatic rings. The molecule has 5 nitrogen and oxygen atoms in total. The summed E-state index contributed by atoms with van der Waals surface area (Å²) in [5, 5.41) is 16.5. The zero-order chi connectivity index (χ0) is 14.2. The van der Waals surface area contributed by atoms with Crippen LogP contribution in [0.15, 0.2) is 41.1 Å². The number of nitrogens with one attached hydrogen (secondary N) is 1. The molecule has 0 aliphatic heterocycles. The van der Waals surface area contributed by atoms with Crippen LogP contribution in [-0.4, -0.2) is 29.5 Å². The fourth-order valence-corrected chi connectivity index (χ4v) is 1.80. The van der Waals surface area contributed by atoms with Gasteiger partial charge in [-0.2, -0.15) is 0 Å². The lowest BCUT2D eigenvalue weighted by atomic mass is 10.2. The molecule has 1 aromatic carbocycles. The number of hydrogen-bond donors (Lipinski definition) is 2. The molecule has 0 aliphatic carbocycles. The van der Waals surface area contributed by atoms with Crippen molar-refractivity contribution in [2.75, 3.05) is 13.2 Å². The average molecular weight is 276 g/mol. The van der Waals surface area contributed by atoms with Crippen LogP contribution in [-0.2, 0) is 13.0 Å². The second kappa shape index (κ2) is 7.67. The Bertz CT molecular complexity index is 500. The van der Waals surface area contributed by atoms with E-state index in [9.17, 15) is 5.11 Å². The van der Waals surface area contributed by atoms with Crippen molar-refractivity contribution < 1.29 is 14.4 Å². The Morgan fingerprint density at radius 1 is 1.40 bits per heavy atom. The zero-order valence-electron chi connectivity index (χ0n) is 11.6. The summed E-state index contributed by atoms with van der Waals surface area (Å²) < 4.78 is 10.5. The fraction of sp³-hybridized carbons (Fsp3) is 0.400. The van der Waals surface area contributed by atoms with Gasteiger partial charge in [-0.15, -0.1) is 0 Å². The highest BCUT2D eigenvalue weighted by Crippen LogP contribution is 2.13. The van der Waals surface area contributed by atoms with Gasteiger partial charge >= 0.3 is 0 Å². The molecule has 0 spiro atoms. The Morgan fingerprint density at radius 2 is 2.30 bits per heavy atom. The first-order chi connectivity index (χ1) is 9.78. The summed E-state index contributed by atoms with van der Waals surface area (Å²) in [6.07, 6.45) is 2.00. The Kier molecular flexibility index (Phi) is 5.58. The first-order valence-corrected chi connectivity index (χ1v) is 6.78. The summed E-state index contributed by atoms with van der Waals surface area (Å²) in [4.78, 5) is 0. The Labute approximate surface area is 118 Å². The van der Waals surface area contributed by atoms with Gasteiger partial charge in [-0.05, 0) is 24.1 Å². The third kappa shape index (κ3) is 4.68. The van der Waals surface area contributed by atoms with Crippen LogP contribution in [0.2, 0.25) is 0 Å². The number of ether oxygens (including phenoxy) is 1. The van der Waals surface area contributed by atoms with Crippen LogP contribution >= 0.6 is 0 Å². The summed E-state index contributed by atoms with van der Waals surface area (Å²) in [5.41, 5.74) is 1.22. The smallest absolute Gasteiger partial charge is 0.150 e. The van der Waals surface area contributed by atoms with Gasteiger partial charge in [0.25, 0.3) is 0 Å². The van der Waals surface area contributed by atoms with Gasteiger partial charge in [-0.1, -0.05) is 24.2 Å². The molecule has 2 N–H and O–H groups in total. The fourth-order valence-electron chi connectivity index (χ4n) is 1.80. The Morgan fingerprint density at radius 3 is 3.05 bits per heavy atom. The Balaban J connectivity index is 1.67. The van der Waals surface area contributed by atoms with E-state index < -0.39 is 6.10 Å². The van der Waals surface area contributed by atoms with E-state index in [0.29, 0.717) is 13.1 Å². The topological polar surface area (TPSA) is 67.5 Å². The summed E-state index contributed by atoms with van der Waals surface area (Å²) in [6.45, 7) is 3.34. The van der Waals surface area contributed by atoms with Crippen molar-refractivity contribution in [3.05, 3.63) is 47.9 Å². The van der Waals surface area contributed by atoms with Crippen LogP contribution in [0.5, 0.6) is 5.75 Å². The number of aryl methyl sites for hydroxylation is 1. The van der Waals surface area contributed by atoms with Crippen molar-refractivity contribution in [1.82, 2.24) is 10.5 Å². The standard InChI is InChI=1S/C15H20N2O3/c1-2-12-4-3-5-14(8-12)19-11-13(18)9-16-10-15-6-7-17-20-15/h3-8,13,16,18H,2,9-11H2,1H3. The minimum atomic E-state index is -0.566. The molecule has 2 aromatic rings. The van der Waals surface area contributed by atoms with E-state index >= 15 is 0 Å². The molecule has 0 saturated heterocycles. The molecule has 5 heteroatoms. The third-order valence-electron chi connectivity index (χ3n) is 2.92. The van der Waals surface area contributed by atoms with E-state index in [4.69, 9.17) is 9.26 Å². The minimum Gasteiger partial charge on any atom is -0.491 e. The van der Waals surface area contributed by atoms with Gasteiger partial charge in [0.1, 0.15) is 24.2 Å². The van der Waals surface area contributed by atoms with E-state index in [1.54, 1.807) is 12.3 Å². The van der Waals surface area contributed by atoms with E-state index in [-0.39, 0.29) is 6.61 Å². The van der Waals surface area contributed by atoms with Crippen molar-refractivity contribution in [3.8, 4) is 5.75 Å². The summed E-state index contributed by atoms with van der Waals surface area (Å²) in [6, 6.07) is 9.69. The van der Waals surface area contributed by atoms with E-state index in [1.807, 2.05) is 18.2 Å². The zero-order valence-corrected chi connectivity index (χ0v) is 11.6.